The molecule has 119 heavy (non-hydrogen) atoms. The number of hydrogen-bond acceptors (Lipinski definition) is 11. The molecule has 11 nitrogen and oxygen atoms in total. The summed E-state index contributed by atoms with van der Waals surface area (Å²) in [5.41, 5.74) is 12.6. The molecule has 638 valence electrons. The van der Waals surface area contributed by atoms with E-state index in [0.29, 0.717) is 135 Å². The van der Waals surface area contributed by atoms with E-state index in [1.54, 1.807) is 23.3 Å². The maximum absolute atomic E-state index is 11.9. The van der Waals surface area contributed by atoms with Gasteiger partial charge in [0.2, 0.25) is 0 Å². The Bertz CT molecular complexity index is 4700. The molecule has 3 heterocycles. The number of aromatic hydroxyl groups is 2. The fourth-order valence-electron chi connectivity index (χ4n) is 35.2. The van der Waals surface area contributed by atoms with Gasteiger partial charge in [-0.15, -0.1) is 0 Å². The van der Waals surface area contributed by atoms with Crippen LogP contribution in [-0.2, 0) is 46.2 Å². The molecule has 15 fully saturated rings. The number of rotatable bonds is 0. The highest BCUT2D eigenvalue weighted by Crippen LogP contribution is 2.74. The molecule has 0 amide bonds. The Labute approximate surface area is 710 Å². The minimum Gasteiger partial charge on any atom is -0.508 e. The number of phenolic OH excluding ortho intramolecular Hbond substituents is 2. The number of carbonyl (C=O) groups is 4. The minimum absolute atomic E-state index is 0.0106. The van der Waals surface area contributed by atoms with E-state index in [4.69, 9.17) is 14.2 Å². The number of epoxide rings is 3. The molecule has 3 saturated heterocycles. The number of Topliss-reactive ketones (excluding diaryl/α,β-unsaturated/α-hetero) is 2. The van der Waals surface area contributed by atoms with Crippen molar-refractivity contribution in [2.24, 2.45) is 127 Å². The van der Waals surface area contributed by atoms with E-state index in [1.807, 2.05) is 24.3 Å². The van der Waals surface area contributed by atoms with Gasteiger partial charge in [0, 0.05) is 38.5 Å². The van der Waals surface area contributed by atoms with Crippen molar-refractivity contribution in [3.8, 4) is 11.5 Å². The van der Waals surface area contributed by atoms with E-state index in [-0.39, 0.29) is 22.8 Å². The van der Waals surface area contributed by atoms with Crippen molar-refractivity contribution in [1.29, 1.82) is 0 Å². The summed E-state index contributed by atoms with van der Waals surface area (Å²) in [6.07, 6.45) is 69.7. The van der Waals surface area contributed by atoms with E-state index in [1.165, 1.54) is 157 Å². The first-order valence-corrected chi connectivity index (χ1v) is 49.2. The number of hydrogen-bond donors (Lipinski definition) is 4. The molecule has 2 aromatic carbocycles. The molecule has 25 aliphatic rings. The number of allylic oxidation sites excluding steroid dienone is 11. The summed E-state index contributed by atoms with van der Waals surface area (Å²) in [7, 11) is 0. The second-order valence-electron chi connectivity index (χ2n) is 46.4. The molecule has 0 radical (unpaired) electrons. The van der Waals surface area contributed by atoms with Gasteiger partial charge >= 0.3 is 0 Å². The van der Waals surface area contributed by atoms with Crippen LogP contribution in [-0.4, -0.2) is 90.4 Å². The van der Waals surface area contributed by atoms with Crippen molar-refractivity contribution in [2.75, 3.05) is 0 Å². The van der Waals surface area contributed by atoms with E-state index in [9.17, 15) is 39.6 Å². The summed E-state index contributed by atoms with van der Waals surface area (Å²) >= 11 is 0. The molecule has 22 aliphatic carbocycles. The molecule has 0 spiro atoms. The Kier molecular flexibility index (Phi) is 19.1. The third-order valence-corrected chi connectivity index (χ3v) is 41.4. The van der Waals surface area contributed by atoms with Crippen LogP contribution in [0, 0.1) is 127 Å². The van der Waals surface area contributed by atoms with Gasteiger partial charge < -0.3 is 34.6 Å². The van der Waals surface area contributed by atoms with Gasteiger partial charge in [0.25, 0.3) is 0 Å². The molecule has 30 unspecified atom stereocenters. The zero-order chi connectivity index (χ0) is 81.5. The predicted molar refractivity (Wildman–Crippen MR) is 463 cm³/mol. The smallest absolute Gasteiger partial charge is 0.155 e. The molecule has 32 atom stereocenters. The van der Waals surface area contributed by atoms with Crippen LogP contribution in [0.5, 0.6) is 11.5 Å². The quantitative estimate of drug-likeness (QED) is 0.145. The third kappa shape index (κ3) is 12.6. The van der Waals surface area contributed by atoms with Crippen LogP contribution in [0.25, 0.3) is 0 Å². The third-order valence-electron chi connectivity index (χ3n) is 41.4. The lowest BCUT2D eigenvalue weighted by molar-refractivity contribution is -0.128. The number of carbonyl (C=O) groups excluding carboxylic acids is 4. The Balaban J connectivity index is 0.0000000860. The van der Waals surface area contributed by atoms with Gasteiger partial charge in [-0.2, -0.15) is 0 Å². The highest BCUT2D eigenvalue weighted by Gasteiger charge is 2.78. The molecule has 2 aromatic rings. The Morgan fingerprint density at radius 1 is 0.378 bits per heavy atom. The number of phenols is 2. The van der Waals surface area contributed by atoms with Crippen molar-refractivity contribution < 1.29 is 53.8 Å². The predicted octanol–water partition coefficient (Wildman–Crippen LogP) is 22.2. The van der Waals surface area contributed by atoms with Crippen LogP contribution >= 0.6 is 0 Å². The first-order chi connectivity index (χ1) is 57.1. The SMILES string of the molecule is CC12C=CCC1C1CCC34CC(=O)CCC3(O4)C1CC2.CC12C=CCC1C1CCC3=C(CCC(=O)C3)C1CC2.CC12C=CCC1C1CCC3=CC(=O)CC[C@]3(O)C1CC2.CC12C=CCC1C1CCc3cc(O)ccc3C1CC2.CC12CCC3C(CCC4=CC(=O)CC[C@@]43O)C1CC1OC12.CC12CCC3c4ccc(O)cc4CCC3C1CC1OC12. The average Bonchev–Trinajstić information content (AvgIpc) is 1.49. The maximum Gasteiger partial charge on any atom is 0.155 e. The summed E-state index contributed by atoms with van der Waals surface area (Å²) < 4.78 is 18.1. The number of ether oxygens (including phenoxy) is 3. The van der Waals surface area contributed by atoms with Crippen LogP contribution in [0.3, 0.4) is 0 Å². The van der Waals surface area contributed by atoms with Crippen LogP contribution < -0.4 is 0 Å². The number of benzene rings is 2. The lowest BCUT2D eigenvalue weighted by Gasteiger charge is -2.56. The topological polar surface area (TPSA) is 187 Å². The molecule has 0 aromatic heterocycles. The molecule has 12 saturated carbocycles. The Hall–Kier alpha value is -5.30. The summed E-state index contributed by atoms with van der Waals surface area (Å²) in [4.78, 5) is 46.9. The molecule has 11 heteroatoms. The van der Waals surface area contributed by atoms with Crippen molar-refractivity contribution in [3.63, 3.8) is 0 Å². The molecule has 27 rings (SSSR count). The first-order valence-electron chi connectivity index (χ1n) is 49.2. The fourth-order valence-corrected chi connectivity index (χ4v) is 35.2. The van der Waals surface area contributed by atoms with Gasteiger partial charge in [-0.05, 0) is 427 Å². The van der Waals surface area contributed by atoms with Gasteiger partial charge in [0.05, 0.1) is 35.6 Å². The average molecular weight is 1610 g/mol. The van der Waals surface area contributed by atoms with Crippen molar-refractivity contribution in [3.05, 3.63) is 142 Å². The maximum atomic E-state index is 11.9. The van der Waals surface area contributed by atoms with E-state index in [2.05, 4.69) is 102 Å². The second-order valence-corrected chi connectivity index (χ2v) is 46.4. The van der Waals surface area contributed by atoms with Crippen molar-refractivity contribution in [2.45, 2.75) is 357 Å². The standard InChI is InChI=1S/C18H24O3.C18H22O2.2C18H24O2.C18H24O.C18H22O/c1-17-6-5-13-12(14(17)9-15-16(17)21-15)3-2-10-8-11(19)4-7-18(10,13)20;1-18-7-6-13-12-5-3-11(19)8-10(12)2-4-14(13)15(18)9-16-17(18)20-16;1-16-7-2-3-14(16)13-5-9-17-11-12(19)4-10-18(17,20-17)15(13)6-8-16;1-17-8-2-3-15(17)14-5-4-12-11-13(19)6-10-18(12,20)16(14)7-9-17;2*1-18-9-2-3-17(18)16-6-4-12-11-13(19)5-7-14(12)15(16)8-10-18/h8,12-16,20H,2-7,9H2,1H3;3,5,8,13-17,19H,2,4,6-7,9H2,1H3;2,7,13-15H,3-6,8-11H2,1H3;2,8,11,14-16,20H,3-7,9-10H2,1H3;2,9,15-17H,3-8,10-11H2,1H3;2,5,7,9,11,15-17,19H,3-4,6,8,10H2,1H3/t12?,13?,14?,15?,16?,17?,18-;;;14?,15?,16?,17?,18-;;/m1..1../s1. The van der Waals surface area contributed by atoms with Crippen molar-refractivity contribution in [1.82, 2.24) is 0 Å². The molecule has 0 bridgehead atoms. The molecular weight excluding hydrogens is 1470 g/mol. The Morgan fingerprint density at radius 2 is 0.815 bits per heavy atom. The van der Waals surface area contributed by atoms with E-state index < -0.39 is 11.2 Å². The number of ketones is 4. The van der Waals surface area contributed by atoms with Crippen LogP contribution in [0.2, 0.25) is 0 Å². The van der Waals surface area contributed by atoms with Gasteiger partial charge in [-0.25, -0.2) is 0 Å². The van der Waals surface area contributed by atoms with E-state index in [0.717, 1.165) is 184 Å². The van der Waals surface area contributed by atoms with Crippen LogP contribution in [0.15, 0.2) is 119 Å². The second kappa shape index (κ2) is 28.6. The molecule has 3 aliphatic heterocycles. The summed E-state index contributed by atoms with van der Waals surface area (Å²) in [5.74, 6) is 15.6. The molecule has 4 N–H and O–H groups in total. The number of aryl methyl sites for hydroxylation is 2. The van der Waals surface area contributed by atoms with Gasteiger partial charge in [-0.3, -0.25) is 19.2 Å². The summed E-state index contributed by atoms with van der Waals surface area (Å²) in [6, 6.07) is 12.1. The zero-order valence-electron chi connectivity index (χ0n) is 72.9. The zero-order valence-corrected chi connectivity index (χ0v) is 72.9. The fraction of sp³-hybridized carbons (Fsp3) is 0.722. The first kappa shape index (κ1) is 79.6. The Morgan fingerprint density at radius 3 is 1.37 bits per heavy atom. The van der Waals surface area contributed by atoms with E-state index >= 15 is 0 Å². The van der Waals surface area contributed by atoms with Crippen LogP contribution in [0.4, 0.5) is 0 Å². The number of aliphatic hydroxyl groups is 2. The molecular formula is C108H140O11. The highest BCUT2D eigenvalue weighted by atomic mass is 16.6. The highest BCUT2D eigenvalue weighted by molar-refractivity contribution is 5.92. The van der Waals surface area contributed by atoms with Gasteiger partial charge in [-0.1, -0.05) is 113 Å². The van der Waals surface area contributed by atoms with Gasteiger partial charge in [0.15, 0.2) is 11.6 Å². The summed E-state index contributed by atoms with van der Waals surface area (Å²) in [5, 5.41) is 42.0. The summed E-state index contributed by atoms with van der Waals surface area (Å²) in [6.45, 7) is 14.7. The van der Waals surface area contributed by atoms with Gasteiger partial charge in [0.1, 0.15) is 34.3 Å². The monoisotopic (exact) mass is 1610 g/mol. The number of fused-ring (bicyclic) bond motifs is 31. The van der Waals surface area contributed by atoms with Crippen LogP contribution in [0.1, 0.15) is 320 Å². The normalized spacial score (nSPS) is 50.2. The lowest BCUT2D eigenvalue weighted by Crippen LogP contribution is -2.55. The minimum atomic E-state index is -0.675. The largest absolute Gasteiger partial charge is 0.508 e. The lowest BCUT2D eigenvalue weighted by atomic mass is 9.50. The van der Waals surface area contributed by atoms with Crippen molar-refractivity contribution >= 4 is 23.1 Å².